The number of fused-ring (bicyclic) bond motifs is 1. The van der Waals surface area contributed by atoms with Crippen LogP contribution in [-0.2, 0) is 23.3 Å². The maximum absolute atomic E-state index is 11.2. The number of methoxy groups -OCH3 is 2. The van der Waals surface area contributed by atoms with Crippen LogP contribution < -0.4 is 14.2 Å². The summed E-state index contributed by atoms with van der Waals surface area (Å²) in [4.78, 5) is 2.35. The summed E-state index contributed by atoms with van der Waals surface area (Å²) in [7, 11) is -1.23. The van der Waals surface area contributed by atoms with Crippen LogP contribution >= 0.6 is 0 Å². The normalized spacial score (nSPS) is 17.3. The number of rotatable bonds is 6. The Hall–Kier alpha value is -2.29. The maximum atomic E-state index is 11.2. The molecule has 8 heteroatoms. The molecule has 1 aliphatic rings. The largest absolute Gasteiger partial charge is 0.497 e. The van der Waals surface area contributed by atoms with Gasteiger partial charge in [-0.3, -0.25) is 14.2 Å². The van der Waals surface area contributed by atoms with Crippen molar-refractivity contribution in [1.82, 2.24) is 4.90 Å². The van der Waals surface area contributed by atoms with Gasteiger partial charge in [-0.05, 0) is 54.3 Å². The lowest BCUT2D eigenvalue weighted by Crippen LogP contribution is -2.33. The summed E-state index contributed by atoms with van der Waals surface area (Å²) >= 11 is 0. The molecule has 0 saturated carbocycles. The first kappa shape index (κ1) is 19.5. The molecule has 0 bridgehead atoms. The van der Waals surface area contributed by atoms with Crippen LogP contribution in [0, 0.1) is 0 Å². The summed E-state index contributed by atoms with van der Waals surface area (Å²) in [5.41, 5.74) is 3.53. The van der Waals surface area contributed by atoms with Crippen molar-refractivity contribution in [1.29, 1.82) is 0 Å². The molecule has 0 fully saturated rings. The van der Waals surface area contributed by atoms with E-state index in [0.29, 0.717) is 5.75 Å². The third kappa shape index (κ3) is 4.52. The maximum Gasteiger partial charge on any atom is 0.357 e. The van der Waals surface area contributed by atoms with Gasteiger partial charge in [0, 0.05) is 19.1 Å². The molecule has 0 radical (unpaired) electrons. The van der Waals surface area contributed by atoms with E-state index in [2.05, 4.69) is 22.6 Å². The summed E-state index contributed by atoms with van der Waals surface area (Å²) in [5, 5.41) is 0. The van der Waals surface area contributed by atoms with E-state index in [4.69, 9.17) is 14.0 Å². The average Bonchev–Trinajstić information content (AvgIpc) is 2.62. The first-order chi connectivity index (χ1) is 12.8. The highest BCUT2D eigenvalue weighted by Gasteiger charge is 2.26. The highest BCUT2D eigenvalue weighted by atomic mass is 32.2. The molecule has 1 atom stereocenters. The van der Waals surface area contributed by atoms with Gasteiger partial charge in [-0.1, -0.05) is 12.1 Å². The van der Waals surface area contributed by atoms with Gasteiger partial charge in [-0.25, -0.2) is 0 Å². The Morgan fingerprint density at radius 3 is 2.67 bits per heavy atom. The van der Waals surface area contributed by atoms with Crippen molar-refractivity contribution in [2.24, 2.45) is 0 Å². The molecule has 1 unspecified atom stereocenters. The minimum Gasteiger partial charge on any atom is -0.497 e. The van der Waals surface area contributed by atoms with Gasteiger partial charge in [-0.15, -0.1) is 0 Å². The van der Waals surface area contributed by atoms with E-state index < -0.39 is 10.3 Å². The molecule has 0 spiro atoms. The van der Waals surface area contributed by atoms with Crippen LogP contribution in [0.2, 0.25) is 0 Å². The molecule has 2 N–H and O–H groups in total. The molecule has 1 heterocycles. The topological polar surface area (TPSA) is 88.1 Å². The summed E-state index contributed by atoms with van der Waals surface area (Å²) in [6.07, 6.45) is 0.772. The molecule has 27 heavy (non-hydrogen) atoms. The van der Waals surface area contributed by atoms with E-state index in [-0.39, 0.29) is 11.7 Å². The van der Waals surface area contributed by atoms with E-state index in [1.165, 1.54) is 12.7 Å². The fraction of sp³-hybridized carbons (Fsp3) is 0.368. The summed E-state index contributed by atoms with van der Waals surface area (Å²) in [6, 6.07) is 11.7. The Morgan fingerprint density at radius 2 is 2.00 bits per heavy atom. The van der Waals surface area contributed by atoms with Crippen molar-refractivity contribution in [3.8, 4) is 11.5 Å². The standard InChI is InChI=1S/C19H24N2O5S/c1-13-17-11-19(26-3)18(20-27(22,23)24)10-15(17)7-8-21(13)12-14-5-4-6-16(9-14)25-2/h4-6,9-11,13,20H,7-8,12H2,1-3H3,(H,22,23,24). The molecular weight excluding hydrogens is 368 g/mol. The monoisotopic (exact) mass is 392 g/mol. The lowest BCUT2D eigenvalue weighted by Gasteiger charge is -2.36. The van der Waals surface area contributed by atoms with Gasteiger partial charge in [0.1, 0.15) is 11.5 Å². The second kappa shape index (κ2) is 7.75. The van der Waals surface area contributed by atoms with E-state index in [0.717, 1.165) is 36.4 Å². The first-order valence-electron chi connectivity index (χ1n) is 8.63. The minimum atomic E-state index is -4.36. The molecular formula is C19H24N2O5S. The summed E-state index contributed by atoms with van der Waals surface area (Å²) < 4.78 is 44.2. The number of benzene rings is 2. The van der Waals surface area contributed by atoms with E-state index in [1.54, 1.807) is 13.2 Å². The van der Waals surface area contributed by atoms with Crippen LogP contribution in [-0.4, -0.2) is 38.6 Å². The predicted octanol–water partition coefficient (Wildman–Crippen LogP) is 3.04. The third-order valence-electron chi connectivity index (χ3n) is 4.89. The van der Waals surface area contributed by atoms with Crippen LogP contribution in [0.1, 0.15) is 29.7 Å². The van der Waals surface area contributed by atoms with Gasteiger partial charge in [-0.2, -0.15) is 8.42 Å². The van der Waals surface area contributed by atoms with Crippen LogP contribution in [0.25, 0.3) is 0 Å². The van der Waals surface area contributed by atoms with E-state index in [9.17, 15) is 8.42 Å². The van der Waals surface area contributed by atoms with Crippen molar-refractivity contribution < 1.29 is 22.4 Å². The van der Waals surface area contributed by atoms with Crippen LogP contribution in [0.15, 0.2) is 36.4 Å². The summed E-state index contributed by atoms with van der Waals surface area (Å²) in [6.45, 7) is 3.74. The molecule has 2 aromatic carbocycles. The van der Waals surface area contributed by atoms with Gasteiger partial charge >= 0.3 is 10.3 Å². The van der Waals surface area contributed by atoms with Gasteiger partial charge in [0.05, 0.1) is 19.9 Å². The molecule has 1 aliphatic heterocycles. The zero-order valence-corrected chi connectivity index (χ0v) is 16.4. The SMILES string of the molecule is COc1cccc(CN2CCc3cc(NS(=O)(=O)O)c(OC)cc3C2C)c1. The predicted molar refractivity (Wildman–Crippen MR) is 104 cm³/mol. The molecule has 146 valence electrons. The Morgan fingerprint density at radius 1 is 1.22 bits per heavy atom. The van der Waals surface area contributed by atoms with Crippen molar-refractivity contribution in [3.63, 3.8) is 0 Å². The molecule has 0 aliphatic carbocycles. The number of hydrogen-bond donors (Lipinski definition) is 2. The van der Waals surface area contributed by atoms with E-state index in [1.807, 2.05) is 24.3 Å². The molecule has 0 aromatic heterocycles. The number of anilines is 1. The minimum absolute atomic E-state index is 0.133. The lowest BCUT2D eigenvalue weighted by atomic mass is 9.92. The highest BCUT2D eigenvalue weighted by molar-refractivity contribution is 7.87. The van der Waals surface area contributed by atoms with Crippen LogP contribution in [0.5, 0.6) is 11.5 Å². The second-order valence-corrected chi connectivity index (χ2v) is 7.73. The van der Waals surface area contributed by atoms with Crippen molar-refractivity contribution in [2.45, 2.75) is 25.9 Å². The Balaban J connectivity index is 1.87. The zero-order chi connectivity index (χ0) is 19.6. The molecule has 2 aromatic rings. The molecule has 3 rings (SSSR count). The number of nitrogens with one attached hydrogen (secondary N) is 1. The zero-order valence-electron chi connectivity index (χ0n) is 15.6. The Kier molecular flexibility index (Phi) is 5.59. The lowest BCUT2D eigenvalue weighted by molar-refractivity contribution is 0.189. The Labute approximate surface area is 159 Å². The average molecular weight is 392 g/mol. The van der Waals surface area contributed by atoms with Crippen LogP contribution in [0.3, 0.4) is 0 Å². The number of hydrogen-bond acceptors (Lipinski definition) is 5. The first-order valence-corrected chi connectivity index (χ1v) is 10.1. The van der Waals surface area contributed by atoms with Crippen LogP contribution in [0.4, 0.5) is 5.69 Å². The highest BCUT2D eigenvalue weighted by Crippen LogP contribution is 2.37. The fourth-order valence-electron chi connectivity index (χ4n) is 3.51. The fourth-order valence-corrected chi connectivity index (χ4v) is 3.95. The molecule has 7 nitrogen and oxygen atoms in total. The third-order valence-corrected chi connectivity index (χ3v) is 5.36. The van der Waals surface area contributed by atoms with Gasteiger partial charge in [0.2, 0.25) is 0 Å². The van der Waals surface area contributed by atoms with E-state index >= 15 is 0 Å². The van der Waals surface area contributed by atoms with Gasteiger partial charge in [0.25, 0.3) is 0 Å². The molecule has 0 saturated heterocycles. The number of nitrogens with zero attached hydrogens (tertiary/aromatic N) is 1. The van der Waals surface area contributed by atoms with Gasteiger partial charge in [0.15, 0.2) is 0 Å². The second-order valence-electron chi connectivity index (χ2n) is 6.58. The number of ether oxygens (including phenoxy) is 2. The van der Waals surface area contributed by atoms with Crippen molar-refractivity contribution in [3.05, 3.63) is 53.1 Å². The summed E-state index contributed by atoms with van der Waals surface area (Å²) in [5.74, 6) is 1.21. The smallest absolute Gasteiger partial charge is 0.357 e. The Bertz CT molecular complexity index is 930. The van der Waals surface area contributed by atoms with Gasteiger partial charge < -0.3 is 9.47 Å². The quantitative estimate of drug-likeness (QED) is 0.735. The van der Waals surface area contributed by atoms with Crippen molar-refractivity contribution >= 4 is 16.0 Å². The molecule has 0 amide bonds. The van der Waals surface area contributed by atoms with Crippen molar-refractivity contribution in [2.75, 3.05) is 25.5 Å².